The van der Waals surface area contributed by atoms with Gasteiger partial charge in [-0.3, -0.25) is 29.1 Å². The second kappa shape index (κ2) is 21.5. The van der Waals surface area contributed by atoms with Gasteiger partial charge < -0.3 is 46.0 Å². The largest absolute Gasteiger partial charge is 0.481 e. The number of carbonyl (C=O) groups excluding carboxylic acids is 2. The molecule has 0 bridgehead atoms. The normalized spacial score (nSPS) is 34.0. The molecule has 15 nitrogen and oxygen atoms in total. The third-order valence-corrected chi connectivity index (χ3v) is 21.1. The average Bonchev–Trinajstić information content (AvgIpc) is 4.26. The average molecular weight is 1100 g/mol. The Morgan fingerprint density at radius 2 is 0.795 bits per heavy atom. The van der Waals surface area contributed by atoms with E-state index in [0.717, 1.165) is 97.1 Å². The lowest BCUT2D eigenvalue weighted by Crippen LogP contribution is -2.57. The third-order valence-electron chi connectivity index (χ3n) is 21.1. The van der Waals surface area contributed by atoms with Crippen molar-refractivity contribution in [3.8, 4) is 0 Å². The smallest absolute Gasteiger partial charge is 0.309 e. The lowest BCUT2D eigenvalue weighted by molar-refractivity contribution is -0.156. The number of para-hydroxylation sites is 3. The number of nitrogens with zero attached hydrogens (tertiary/aromatic N) is 3. The van der Waals surface area contributed by atoms with Gasteiger partial charge in [0.1, 0.15) is 0 Å². The van der Waals surface area contributed by atoms with Crippen molar-refractivity contribution in [2.75, 3.05) is 45.9 Å². The fraction of sp³-hybridized carbons (Fsp3) is 0.557. The predicted octanol–water partition coefficient (Wildman–Crippen LogP) is 7.55. The number of carboxylic acids is 1. The van der Waals surface area contributed by atoms with Crippen LogP contribution in [0.3, 0.4) is 0 Å². The van der Waals surface area contributed by atoms with Crippen molar-refractivity contribution in [1.29, 1.82) is 0 Å². The van der Waals surface area contributed by atoms with Crippen molar-refractivity contribution in [3.63, 3.8) is 0 Å². The van der Waals surface area contributed by atoms with Gasteiger partial charge in [-0.2, -0.15) is 0 Å². The standard InChI is InChI=1S/C41H50N6O4.C20H24N2O3.2ClH/c48-34-11-9-22-19-46-15-13-26-24-5-1-3-7-30(24)44-38(26)32(46)17-28(22)36(34)40(50)42-21-43-41(51)37-29-18-33-39-27(25-6-2-4-8-31(25)45-39)14-16-47(33)20-23(29)10-12-35(37)49;23-17-6-5-11-10-22-8-7-13-12-3-1-2-4-15(12)21-19(13)16(22)9-14(11)18(17)20(24)25;;/h1-8,22-23,28-29,32-37,44-45,48-49H,9-21H2,(H,42,50)(H,43,51);1-4,11,14,16-18,21,23H,5-10H2,(H,24,25);2*1H/t22-,23-,28-,29-,32-,33+,34-,35+,36+,37-;11-,14-,16-,17-,18+;;/m00../s1. The Morgan fingerprint density at radius 1 is 0.474 bits per heavy atom. The Hall–Kier alpha value is -4.97. The molecule has 9 aliphatic rings. The minimum absolute atomic E-state index is 0. The number of aliphatic carboxylic acids is 1. The highest BCUT2D eigenvalue weighted by atomic mass is 35.5. The van der Waals surface area contributed by atoms with Gasteiger partial charge in [0.2, 0.25) is 11.8 Å². The molecule has 78 heavy (non-hydrogen) atoms. The molecular weight excluding hydrogens is 1030 g/mol. The number of carboxylic acid groups (broad SMARTS) is 1. The van der Waals surface area contributed by atoms with Gasteiger partial charge in [-0.05, 0) is 147 Å². The molecule has 2 amide bonds. The van der Waals surface area contributed by atoms with Crippen LogP contribution >= 0.6 is 24.8 Å². The third kappa shape index (κ3) is 9.06. The highest BCUT2D eigenvalue weighted by Gasteiger charge is 2.52. The number of aliphatic hydroxyl groups excluding tert-OH is 3. The fourth-order valence-corrected chi connectivity index (χ4v) is 17.5. The number of piperidine rings is 3. The number of hydrogen-bond donors (Lipinski definition) is 9. The van der Waals surface area contributed by atoms with E-state index in [-0.39, 0.29) is 79.2 Å². The van der Waals surface area contributed by atoms with Crippen LogP contribution in [0.5, 0.6) is 0 Å². The van der Waals surface area contributed by atoms with Crippen LogP contribution in [-0.2, 0) is 33.6 Å². The van der Waals surface area contributed by atoms with Gasteiger partial charge in [-0.15, -0.1) is 24.8 Å². The van der Waals surface area contributed by atoms with Crippen LogP contribution in [0, 0.1) is 53.3 Å². The highest BCUT2D eigenvalue weighted by Crippen LogP contribution is 2.52. The molecule has 3 saturated carbocycles. The van der Waals surface area contributed by atoms with Crippen molar-refractivity contribution in [1.82, 2.24) is 40.3 Å². The summed E-state index contributed by atoms with van der Waals surface area (Å²) in [6.45, 7) is 5.93. The Labute approximate surface area is 467 Å². The van der Waals surface area contributed by atoms with Crippen LogP contribution in [-0.4, -0.2) is 132 Å². The molecule has 17 heteroatoms. The number of benzene rings is 3. The zero-order valence-electron chi connectivity index (χ0n) is 44.2. The molecule has 6 aromatic rings. The summed E-state index contributed by atoms with van der Waals surface area (Å²) in [6.07, 6.45) is 8.17. The van der Waals surface area contributed by atoms with Crippen molar-refractivity contribution >= 4 is 75.3 Å². The number of halogens is 2. The molecule has 3 aromatic heterocycles. The van der Waals surface area contributed by atoms with Crippen LogP contribution in [0.1, 0.15) is 110 Å². The van der Waals surface area contributed by atoms with Gasteiger partial charge in [-0.25, -0.2) is 0 Å². The molecule has 6 fully saturated rings. The minimum Gasteiger partial charge on any atom is -0.481 e. The maximum atomic E-state index is 13.9. The van der Waals surface area contributed by atoms with Crippen molar-refractivity contribution in [2.24, 2.45) is 53.3 Å². The second-order valence-electron chi connectivity index (χ2n) is 24.6. The zero-order valence-corrected chi connectivity index (χ0v) is 45.8. The lowest BCUT2D eigenvalue weighted by atomic mass is 9.64. The van der Waals surface area contributed by atoms with E-state index in [0.29, 0.717) is 37.0 Å². The molecule has 3 saturated heterocycles. The Bertz CT molecular complexity index is 3070. The summed E-state index contributed by atoms with van der Waals surface area (Å²) in [7, 11) is 0. The van der Waals surface area contributed by atoms with Gasteiger partial charge >= 0.3 is 5.97 Å². The molecular formula is C61H76Cl2N8O7. The maximum Gasteiger partial charge on any atom is 0.309 e. The molecule has 0 unspecified atom stereocenters. The first-order valence-corrected chi connectivity index (χ1v) is 28.9. The quantitative estimate of drug-likeness (QED) is 0.0774. The van der Waals surface area contributed by atoms with E-state index in [9.17, 15) is 34.8 Å². The molecule has 15 atom stereocenters. The van der Waals surface area contributed by atoms with Crippen LogP contribution in [0.15, 0.2) is 72.8 Å². The summed E-state index contributed by atoms with van der Waals surface area (Å²) in [5, 5.41) is 52.4. The van der Waals surface area contributed by atoms with Crippen molar-refractivity contribution < 1.29 is 34.8 Å². The predicted molar refractivity (Wildman–Crippen MR) is 303 cm³/mol. The molecule has 15 rings (SSSR count). The molecule has 6 aliphatic heterocycles. The number of carbonyl (C=O) groups is 3. The Balaban J connectivity index is 0.000000190. The lowest BCUT2D eigenvalue weighted by Gasteiger charge is -2.51. The summed E-state index contributed by atoms with van der Waals surface area (Å²) >= 11 is 0. The van der Waals surface area contributed by atoms with Gasteiger partial charge in [0.05, 0.1) is 60.9 Å². The number of nitrogens with one attached hydrogen (secondary N) is 5. The molecule has 3 aliphatic carbocycles. The van der Waals surface area contributed by atoms with E-state index in [4.69, 9.17) is 0 Å². The summed E-state index contributed by atoms with van der Waals surface area (Å²) in [5.74, 6) is -1.50. The number of amides is 2. The molecule has 416 valence electrons. The Morgan fingerprint density at radius 3 is 1.14 bits per heavy atom. The zero-order chi connectivity index (χ0) is 51.5. The Kier molecular flexibility index (Phi) is 14.8. The second-order valence-corrected chi connectivity index (χ2v) is 24.6. The van der Waals surface area contributed by atoms with Crippen molar-refractivity contribution in [3.05, 3.63) is 107 Å². The van der Waals surface area contributed by atoms with E-state index in [1.165, 1.54) is 66.5 Å². The van der Waals surface area contributed by atoms with E-state index in [2.05, 4.69) is 113 Å². The van der Waals surface area contributed by atoms with E-state index in [1.807, 2.05) is 0 Å². The van der Waals surface area contributed by atoms with Gasteiger partial charge in [-0.1, -0.05) is 54.6 Å². The number of aliphatic hydroxyl groups is 3. The molecule has 0 radical (unpaired) electrons. The number of aromatic nitrogens is 3. The number of hydrogen-bond acceptors (Lipinski definition) is 9. The first kappa shape index (κ1) is 53.7. The summed E-state index contributed by atoms with van der Waals surface area (Å²) in [5.41, 5.74) is 11.5. The van der Waals surface area contributed by atoms with Crippen molar-refractivity contribution in [2.45, 2.75) is 113 Å². The SMILES string of the molecule is Cl.Cl.O=C(NCNC(=O)[C@H]1[C@H]2C[C@@H]3c4[nH]c5ccccc5c4CCN3C[C@@H]2CC[C@H]1O)[C@@H]1[C@H]2C[C@H]3c4[nH]c5ccccc5c4CCN3C[C@@H]2CC[C@@H]1O.O=C(O)[C@@H]1[C@H]2C[C@H]3c4[nH]c5ccccc5c4CCN3C[C@@H]2CC[C@@H]1O. The highest BCUT2D eigenvalue weighted by molar-refractivity contribution is 5.88. The summed E-state index contributed by atoms with van der Waals surface area (Å²) in [4.78, 5) is 58.4. The number of fused-ring (bicyclic) bond motifs is 18. The van der Waals surface area contributed by atoms with Crippen LogP contribution in [0.25, 0.3) is 32.7 Å². The summed E-state index contributed by atoms with van der Waals surface area (Å²) < 4.78 is 0. The number of aromatic amines is 3. The molecule has 0 spiro atoms. The van der Waals surface area contributed by atoms with Crippen LogP contribution < -0.4 is 10.6 Å². The van der Waals surface area contributed by atoms with Crippen LogP contribution in [0.4, 0.5) is 0 Å². The number of H-pyrrole nitrogens is 3. The minimum atomic E-state index is -0.830. The van der Waals surface area contributed by atoms with Crippen LogP contribution in [0.2, 0.25) is 0 Å². The number of rotatable bonds is 5. The van der Waals surface area contributed by atoms with Gasteiger partial charge in [0, 0.05) is 89.1 Å². The van der Waals surface area contributed by atoms with Gasteiger partial charge in [0.15, 0.2) is 0 Å². The molecule has 3 aromatic carbocycles. The monoisotopic (exact) mass is 1100 g/mol. The molecule has 9 N–H and O–H groups in total. The first-order chi connectivity index (χ1) is 37.1. The molecule has 9 heterocycles. The first-order valence-electron chi connectivity index (χ1n) is 28.9. The van der Waals surface area contributed by atoms with E-state index in [1.54, 1.807) is 0 Å². The maximum absolute atomic E-state index is 13.9. The summed E-state index contributed by atoms with van der Waals surface area (Å²) in [6, 6.07) is 26.1. The fourth-order valence-electron chi connectivity index (χ4n) is 17.5. The van der Waals surface area contributed by atoms with Gasteiger partial charge in [0.25, 0.3) is 0 Å². The topological polar surface area (TPSA) is 213 Å². The van der Waals surface area contributed by atoms with E-state index < -0.39 is 42.0 Å². The van der Waals surface area contributed by atoms with E-state index >= 15 is 0 Å².